The van der Waals surface area contributed by atoms with Gasteiger partial charge >= 0.3 is 0 Å². The van der Waals surface area contributed by atoms with Gasteiger partial charge in [-0.3, -0.25) is 4.79 Å². The Balaban J connectivity index is 3.00. The third-order valence-electron chi connectivity index (χ3n) is 1.47. The Hall–Kier alpha value is -0.890. The fraction of sp³-hybridized carbons (Fsp3) is 0.222. The van der Waals surface area contributed by atoms with Gasteiger partial charge in [0, 0.05) is 6.42 Å². The first-order chi connectivity index (χ1) is 5.61. The van der Waals surface area contributed by atoms with Crippen LogP contribution in [0.4, 0.5) is 4.39 Å². The lowest BCUT2D eigenvalue weighted by molar-refractivity contribution is -0.116. The van der Waals surface area contributed by atoms with Crippen molar-refractivity contribution in [3.05, 3.63) is 34.6 Å². The monoisotopic (exact) mass is 186 g/mol. The normalized spacial score (nSPS) is 9.92. The second-order valence-corrected chi connectivity index (χ2v) is 2.97. The molecule has 0 atom stereocenters. The lowest BCUT2D eigenvalue weighted by atomic mass is 10.1. The molecule has 1 aromatic carbocycles. The van der Waals surface area contributed by atoms with Crippen molar-refractivity contribution in [3.63, 3.8) is 0 Å². The smallest absolute Gasteiger partial charge is 0.142 e. The first-order valence-electron chi connectivity index (χ1n) is 3.53. The van der Waals surface area contributed by atoms with E-state index in [-0.39, 0.29) is 17.2 Å². The number of Topliss-reactive ketones (excluding diaryl/α,β-unsaturated/α-hetero) is 1. The van der Waals surface area contributed by atoms with Gasteiger partial charge in [0.15, 0.2) is 0 Å². The summed E-state index contributed by atoms with van der Waals surface area (Å²) >= 11 is 5.61. The van der Waals surface area contributed by atoms with Gasteiger partial charge < -0.3 is 0 Å². The molecule has 1 rings (SSSR count). The Labute approximate surface area is 75.2 Å². The van der Waals surface area contributed by atoms with Crippen molar-refractivity contribution in [1.82, 2.24) is 0 Å². The van der Waals surface area contributed by atoms with Gasteiger partial charge in [-0.2, -0.15) is 0 Å². The minimum Gasteiger partial charge on any atom is -0.300 e. The van der Waals surface area contributed by atoms with Crippen LogP contribution in [0.5, 0.6) is 0 Å². The molecule has 0 aromatic heterocycles. The van der Waals surface area contributed by atoms with E-state index in [2.05, 4.69) is 0 Å². The van der Waals surface area contributed by atoms with Crippen molar-refractivity contribution in [1.29, 1.82) is 0 Å². The summed E-state index contributed by atoms with van der Waals surface area (Å²) in [6.07, 6.45) is 0.191. The maximum absolute atomic E-state index is 12.8. The van der Waals surface area contributed by atoms with Crippen molar-refractivity contribution in [2.45, 2.75) is 13.3 Å². The van der Waals surface area contributed by atoms with Crippen LogP contribution >= 0.6 is 11.6 Å². The summed E-state index contributed by atoms with van der Waals surface area (Å²) in [6, 6.07) is 4.46. The molecule has 0 aliphatic rings. The van der Waals surface area contributed by atoms with Crippen LogP contribution in [-0.4, -0.2) is 5.78 Å². The van der Waals surface area contributed by atoms with E-state index >= 15 is 0 Å². The molecule has 1 aromatic rings. The van der Waals surface area contributed by atoms with Crippen LogP contribution in [0.2, 0.25) is 5.02 Å². The third-order valence-corrected chi connectivity index (χ3v) is 1.89. The van der Waals surface area contributed by atoms with Crippen molar-refractivity contribution >= 4 is 17.4 Å². The molecule has 0 fully saturated rings. The third kappa shape index (κ3) is 2.05. The molecule has 0 bridgehead atoms. The molecule has 12 heavy (non-hydrogen) atoms. The molecule has 0 radical (unpaired) electrons. The first kappa shape index (κ1) is 9.20. The molecule has 0 unspecified atom stereocenters. The van der Waals surface area contributed by atoms with E-state index in [1.165, 1.54) is 13.0 Å². The fourth-order valence-corrected chi connectivity index (χ4v) is 1.15. The summed E-state index contributed by atoms with van der Waals surface area (Å²) in [7, 11) is 0. The number of ketones is 1. The molecule has 0 spiro atoms. The van der Waals surface area contributed by atoms with Crippen LogP contribution in [0.1, 0.15) is 12.5 Å². The Morgan fingerprint density at radius 2 is 2.25 bits per heavy atom. The maximum Gasteiger partial charge on any atom is 0.142 e. The van der Waals surface area contributed by atoms with E-state index in [1.807, 2.05) is 0 Å². The Kier molecular flexibility index (Phi) is 2.82. The van der Waals surface area contributed by atoms with Crippen molar-refractivity contribution in [2.75, 3.05) is 0 Å². The molecule has 3 heteroatoms. The molecule has 64 valence electrons. The zero-order chi connectivity index (χ0) is 9.14. The minimum atomic E-state index is -0.476. The van der Waals surface area contributed by atoms with Gasteiger partial charge in [0.25, 0.3) is 0 Å². The van der Waals surface area contributed by atoms with Crippen LogP contribution in [-0.2, 0) is 11.2 Å². The molecule has 0 heterocycles. The van der Waals surface area contributed by atoms with Gasteiger partial charge in [0.1, 0.15) is 11.6 Å². The minimum absolute atomic E-state index is 0.0255. The van der Waals surface area contributed by atoms with E-state index in [1.54, 1.807) is 12.1 Å². The average molecular weight is 187 g/mol. The lowest BCUT2D eigenvalue weighted by Crippen LogP contribution is -1.97. The molecular weight excluding hydrogens is 179 g/mol. The number of hydrogen-bond donors (Lipinski definition) is 0. The molecule has 0 aliphatic heterocycles. The second kappa shape index (κ2) is 3.68. The fourth-order valence-electron chi connectivity index (χ4n) is 0.953. The average Bonchev–Trinajstić information content (AvgIpc) is 1.98. The largest absolute Gasteiger partial charge is 0.300 e. The van der Waals surface area contributed by atoms with E-state index < -0.39 is 5.82 Å². The summed E-state index contributed by atoms with van der Waals surface area (Å²) in [5, 5.41) is 0.0488. The van der Waals surface area contributed by atoms with E-state index in [9.17, 15) is 9.18 Å². The van der Waals surface area contributed by atoms with Crippen LogP contribution in [0.25, 0.3) is 0 Å². The summed E-state index contributed by atoms with van der Waals surface area (Å²) in [4.78, 5) is 10.7. The highest BCUT2D eigenvalue weighted by molar-refractivity contribution is 6.31. The van der Waals surface area contributed by atoms with Gasteiger partial charge in [-0.05, 0) is 18.6 Å². The van der Waals surface area contributed by atoms with E-state index in [0.717, 1.165) is 0 Å². The predicted molar refractivity (Wildman–Crippen MR) is 45.8 cm³/mol. The highest BCUT2D eigenvalue weighted by atomic mass is 35.5. The van der Waals surface area contributed by atoms with Gasteiger partial charge in [-0.15, -0.1) is 0 Å². The van der Waals surface area contributed by atoms with Gasteiger partial charge in [0.05, 0.1) is 5.02 Å². The van der Waals surface area contributed by atoms with Crippen molar-refractivity contribution in [2.24, 2.45) is 0 Å². The Morgan fingerprint density at radius 1 is 1.58 bits per heavy atom. The predicted octanol–water partition coefficient (Wildman–Crippen LogP) is 2.61. The second-order valence-electron chi connectivity index (χ2n) is 2.59. The quantitative estimate of drug-likeness (QED) is 0.694. The van der Waals surface area contributed by atoms with Crippen LogP contribution < -0.4 is 0 Å². The number of benzene rings is 1. The number of hydrogen-bond acceptors (Lipinski definition) is 1. The molecule has 1 nitrogen and oxygen atoms in total. The molecule has 0 saturated heterocycles. The standard InChI is InChI=1S/C9H8ClFO/c1-6(12)5-7-3-2-4-8(11)9(7)10/h2-4H,5H2,1H3. The SMILES string of the molecule is CC(=O)Cc1cccc(F)c1Cl. The molecule has 0 amide bonds. The Bertz CT molecular complexity index is 309. The van der Waals surface area contributed by atoms with Gasteiger partial charge in [-0.25, -0.2) is 4.39 Å². The topological polar surface area (TPSA) is 17.1 Å². The van der Waals surface area contributed by atoms with Crippen molar-refractivity contribution < 1.29 is 9.18 Å². The zero-order valence-electron chi connectivity index (χ0n) is 6.60. The summed E-state index contributed by atoms with van der Waals surface area (Å²) in [6.45, 7) is 1.45. The van der Waals surface area contributed by atoms with Gasteiger partial charge in [-0.1, -0.05) is 23.7 Å². The van der Waals surface area contributed by atoms with Gasteiger partial charge in [0.2, 0.25) is 0 Å². The summed E-state index contributed by atoms with van der Waals surface area (Å²) in [5.74, 6) is -0.502. The number of halogens is 2. The molecular formula is C9H8ClFO. The molecule has 0 N–H and O–H groups in total. The van der Waals surface area contributed by atoms with Crippen LogP contribution in [0, 0.1) is 5.82 Å². The van der Waals surface area contributed by atoms with Crippen molar-refractivity contribution in [3.8, 4) is 0 Å². The number of rotatable bonds is 2. The first-order valence-corrected chi connectivity index (χ1v) is 3.91. The molecule has 0 saturated carbocycles. The zero-order valence-corrected chi connectivity index (χ0v) is 7.36. The lowest BCUT2D eigenvalue weighted by Gasteiger charge is -2.01. The summed E-state index contributed by atoms with van der Waals surface area (Å²) < 4.78 is 12.8. The summed E-state index contributed by atoms with van der Waals surface area (Å²) in [5.41, 5.74) is 0.546. The van der Waals surface area contributed by atoms with E-state index in [0.29, 0.717) is 5.56 Å². The number of carbonyl (C=O) groups excluding carboxylic acids is 1. The maximum atomic E-state index is 12.8. The number of carbonyl (C=O) groups is 1. The Morgan fingerprint density at radius 3 is 2.83 bits per heavy atom. The highest BCUT2D eigenvalue weighted by Gasteiger charge is 2.06. The van der Waals surface area contributed by atoms with Crippen LogP contribution in [0.15, 0.2) is 18.2 Å². The van der Waals surface area contributed by atoms with E-state index in [4.69, 9.17) is 11.6 Å². The van der Waals surface area contributed by atoms with Crippen LogP contribution in [0.3, 0.4) is 0 Å². The highest BCUT2D eigenvalue weighted by Crippen LogP contribution is 2.19. The molecule has 0 aliphatic carbocycles.